The van der Waals surface area contributed by atoms with Crippen molar-refractivity contribution in [3.8, 4) is 17.2 Å². The van der Waals surface area contributed by atoms with Gasteiger partial charge in [-0.2, -0.15) is 0 Å². The third kappa shape index (κ3) is 2.86. The first-order chi connectivity index (χ1) is 14.0. The number of carbonyl (C=O) groups is 3. The number of imide groups is 1. The number of hydrogen-bond acceptors (Lipinski definition) is 7. The monoisotopic (exact) mass is 413 g/mol. The van der Waals surface area contributed by atoms with E-state index in [2.05, 4.69) is 0 Å². The maximum atomic E-state index is 12.8. The summed E-state index contributed by atoms with van der Waals surface area (Å²) in [6.45, 7) is 6.43. The van der Waals surface area contributed by atoms with Gasteiger partial charge in [-0.15, -0.1) is 0 Å². The Bertz CT molecular complexity index is 1100. The van der Waals surface area contributed by atoms with Crippen LogP contribution < -0.4 is 9.47 Å². The quantitative estimate of drug-likeness (QED) is 0.749. The first kappa shape index (κ1) is 20.0. The second kappa shape index (κ2) is 6.62. The zero-order valence-electron chi connectivity index (χ0n) is 17.4. The predicted molar refractivity (Wildman–Crippen MR) is 107 cm³/mol. The Labute approximate surface area is 173 Å². The van der Waals surface area contributed by atoms with Gasteiger partial charge in [0.1, 0.15) is 35.0 Å². The number of Topliss-reactive ketones (excluding diaryl/α,β-unsaturated/α-hetero) is 1. The van der Waals surface area contributed by atoms with Crippen LogP contribution in [-0.4, -0.2) is 46.6 Å². The molecule has 0 aliphatic carbocycles. The van der Waals surface area contributed by atoms with E-state index >= 15 is 0 Å². The van der Waals surface area contributed by atoms with E-state index in [4.69, 9.17) is 14.2 Å². The van der Waals surface area contributed by atoms with Gasteiger partial charge in [-0.3, -0.25) is 9.59 Å². The number of rotatable bonds is 2. The zero-order valence-corrected chi connectivity index (χ0v) is 17.4. The number of hydrogen-bond donors (Lipinski definition) is 1. The number of amides is 2. The van der Waals surface area contributed by atoms with Gasteiger partial charge in [0.15, 0.2) is 5.78 Å². The molecule has 0 aromatic heterocycles. The zero-order chi connectivity index (χ0) is 22.0. The molecule has 0 saturated carbocycles. The summed E-state index contributed by atoms with van der Waals surface area (Å²) in [5.41, 5.74) is -0.472. The minimum atomic E-state index is -0.859. The van der Waals surface area contributed by atoms with E-state index in [9.17, 15) is 19.5 Å². The molecule has 2 aromatic rings. The Balaban J connectivity index is 1.97. The number of likely N-dealkylation sites (tertiary alicyclic amines) is 1. The minimum absolute atomic E-state index is 0.0118. The number of phenols is 1. The largest absolute Gasteiger partial charge is 0.506 e. The molecule has 1 saturated heterocycles. The van der Waals surface area contributed by atoms with Crippen molar-refractivity contribution in [2.75, 3.05) is 7.11 Å². The summed E-state index contributed by atoms with van der Waals surface area (Å²) in [7, 11) is 1.47. The fraction of sp³-hybridized carbons (Fsp3) is 0.409. The number of ether oxygens (including phenoxy) is 3. The smallest absolute Gasteiger partial charge is 0.417 e. The third-order valence-corrected chi connectivity index (χ3v) is 5.26. The third-order valence-electron chi connectivity index (χ3n) is 5.26. The number of nitrogens with zero attached hydrogens (tertiary/aromatic N) is 1. The maximum Gasteiger partial charge on any atom is 0.417 e. The molecule has 2 amide bonds. The van der Waals surface area contributed by atoms with E-state index in [1.165, 1.54) is 14.0 Å². The van der Waals surface area contributed by atoms with Crippen molar-refractivity contribution in [3.05, 3.63) is 29.3 Å². The number of ketones is 1. The molecule has 30 heavy (non-hydrogen) atoms. The molecule has 0 bridgehead atoms. The van der Waals surface area contributed by atoms with Crippen LogP contribution in [0.3, 0.4) is 0 Å². The van der Waals surface area contributed by atoms with E-state index < -0.39 is 35.5 Å². The summed E-state index contributed by atoms with van der Waals surface area (Å²) >= 11 is 0. The lowest BCUT2D eigenvalue weighted by molar-refractivity contribution is -0.128. The van der Waals surface area contributed by atoms with Crippen molar-refractivity contribution < 1.29 is 33.7 Å². The molecule has 4 rings (SSSR count). The van der Waals surface area contributed by atoms with Crippen molar-refractivity contribution >= 4 is 28.6 Å². The van der Waals surface area contributed by atoms with Crippen LogP contribution in [0, 0.1) is 0 Å². The molecule has 158 valence electrons. The fourth-order valence-corrected chi connectivity index (χ4v) is 4.21. The highest BCUT2D eigenvalue weighted by Gasteiger charge is 2.54. The maximum absolute atomic E-state index is 12.8. The first-order valence-corrected chi connectivity index (χ1v) is 9.63. The van der Waals surface area contributed by atoms with Gasteiger partial charge >= 0.3 is 6.09 Å². The van der Waals surface area contributed by atoms with Crippen LogP contribution in [0.5, 0.6) is 17.2 Å². The van der Waals surface area contributed by atoms with Gasteiger partial charge in [-0.25, -0.2) is 9.69 Å². The SMILES string of the molecule is COc1cccc2c3c(c(C(C)=O)c(O)c12)[C@@H]1[C@@H](CC(=O)N1C(=O)OC(C)(C)C)O3. The van der Waals surface area contributed by atoms with Crippen LogP contribution in [0.4, 0.5) is 4.79 Å². The van der Waals surface area contributed by atoms with Gasteiger partial charge in [0.05, 0.1) is 24.5 Å². The van der Waals surface area contributed by atoms with Crippen molar-refractivity contribution in [2.24, 2.45) is 0 Å². The van der Waals surface area contributed by atoms with Crippen molar-refractivity contribution in [3.63, 3.8) is 0 Å². The van der Waals surface area contributed by atoms with E-state index in [0.717, 1.165) is 4.90 Å². The van der Waals surface area contributed by atoms with Gasteiger partial charge in [0.25, 0.3) is 0 Å². The summed E-state index contributed by atoms with van der Waals surface area (Å²) in [5.74, 6) is -0.380. The van der Waals surface area contributed by atoms with Crippen LogP contribution in [-0.2, 0) is 9.53 Å². The van der Waals surface area contributed by atoms with Crippen molar-refractivity contribution in [1.82, 2.24) is 4.90 Å². The first-order valence-electron chi connectivity index (χ1n) is 9.63. The molecule has 2 heterocycles. The summed E-state index contributed by atoms with van der Waals surface area (Å²) in [6, 6.07) is 4.29. The number of aromatic hydroxyl groups is 1. The molecular formula is C22H23NO7. The van der Waals surface area contributed by atoms with Crippen molar-refractivity contribution in [2.45, 2.75) is 51.9 Å². The number of methoxy groups -OCH3 is 1. The Morgan fingerprint density at radius 3 is 2.57 bits per heavy atom. The lowest BCUT2D eigenvalue weighted by Crippen LogP contribution is -2.39. The van der Waals surface area contributed by atoms with Crippen LogP contribution in [0.2, 0.25) is 0 Å². The standard InChI is InChI=1S/C22H23NO7/c1-10(24)15-17-18-13(9-14(25)23(18)21(27)30-22(2,3)4)29-20(17)11-7-6-8-12(28-5)16(11)19(15)26/h6-8,13,18,26H,9H2,1-5H3/t13-,18+/m1/s1. The number of carbonyl (C=O) groups excluding carboxylic acids is 3. The van der Waals surface area contributed by atoms with E-state index in [1.54, 1.807) is 39.0 Å². The highest BCUT2D eigenvalue weighted by molar-refractivity contribution is 6.11. The normalized spacial score (nSPS) is 20.0. The van der Waals surface area contributed by atoms with Crippen LogP contribution in [0.25, 0.3) is 10.8 Å². The fourth-order valence-electron chi connectivity index (χ4n) is 4.21. The average molecular weight is 413 g/mol. The topological polar surface area (TPSA) is 102 Å². The second-order valence-corrected chi connectivity index (χ2v) is 8.45. The molecule has 0 spiro atoms. The molecule has 2 aromatic carbocycles. The van der Waals surface area contributed by atoms with E-state index in [-0.39, 0.29) is 17.7 Å². The molecule has 8 heteroatoms. The molecule has 1 fully saturated rings. The number of benzene rings is 2. The average Bonchev–Trinajstić information content (AvgIpc) is 3.14. The highest BCUT2D eigenvalue weighted by Crippen LogP contribution is 2.55. The number of fused-ring (bicyclic) bond motifs is 5. The molecule has 0 unspecified atom stereocenters. The molecule has 8 nitrogen and oxygen atoms in total. The Kier molecular flexibility index (Phi) is 4.41. The summed E-state index contributed by atoms with van der Waals surface area (Å²) < 4.78 is 16.9. The molecule has 2 aliphatic rings. The Morgan fingerprint density at radius 2 is 1.97 bits per heavy atom. The van der Waals surface area contributed by atoms with Gasteiger partial charge in [-0.1, -0.05) is 12.1 Å². The van der Waals surface area contributed by atoms with Gasteiger partial charge in [0, 0.05) is 10.9 Å². The van der Waals surface area contributed by atoms with Gasteiger partial charge < -0.3 is 19.3 Å². The Hall–Kier alpha value is -3.29. The van der Waals surface area contributed by atoms with E-state index in [1.807, 2.05) is 0 Å². The molecule has 2 atom stereocenters. The lowest BCUT2D eigenvalue weighted by Gasteiger charge is -2.27. The van der Waals surface area contributed by atoms with Crippen LogP contribution in [0.15, 0.2) is 18.2 Å². The second-order valence-electron chi connectivity index (χ2n) is 8.45. The van der Waals surface area contributed by atoms with Gasteiger partial charge in [0.2, 0.25) is 5.91 Å². The number of phenolic OH excluding ortho intramolecular Hbond substituents is 1. The molecule has 0 radical (unpaired) electrons. The van der Waals surface area contributed by atoms with Gasteiger partial charge in [-0.05, 0) is 33.8 Å². The molecular weight excluding hydrogens is 390 g/mol. The Morgan fingerprint density at radius 1 is 1.27 bits per heavy atom. The van der Waals surface area contributed by atoms with Crippen LogP contribution >= 0.6 is 0 Å². The van der Waals surface area contributed by atoms with Crippen molar-refractivity contribution in [1.29, 1.82) is 0 Å². The lowest BCUT2D eigenvalue weighted by atomic mass is 9.91. The van der Waals surface area contributed by atoms with E-state index in [0.29, 0.717) is 27.8 Å². The minimum Gasteiger partial charge on any atom is -0.506 e. The summed E-state index contributed by atoms with van der Waals surface area (Å²) in [6.07, 6.45) is -1.52. The summed E-state index contributed by atoms with van der Waals surface area (Å²) in [4.78, 5) is 39.0. The van der Waals surface area contributed by atoms with Crippen LogP contribution in [0.1, 0.15) is 56.1 Å². The molecule has 2 aliphatic heterocycles. The molecule has 1 N–H and O–H groups in total. The predicted octanol–water partition coefficient (Wildman–Crippen LogP) is 3.73. The summed E-state index contributed by atoms with van der Waals surface area (Å²) in [5, 5.41) is 11.9. The highest BCUT2D eigenvalue weighted by atomic mass is 16.6.